The summed E-state index contributed by atoms with van der Waals surface area (Å²) >= 11 is 0. The minimum atomic E-state index is -1.19. The van der Waals surface area contributed by atoms with E-state index in [4.69, 9.17) is 9.47 Å². The number of rotatable bonds is 10. The van der Waals surface area contributed by atoms with Crippen LogP contribution >= 0.6 is 0 Å². The van der Waals surface area contributed by atoms with E-state index in [1.54, 1.807) is 56.0 Å². The van der Waals surface area contributed by atoms with Crippen molar-refractivity contribution < 1.29 is 19.1 Å². The van der Waals surface area contributed by atoms with Crippen LogP contribution in [0, 0.1) is 22.7 Å². The van der Waals surface area contributed by atoms with Gasteiger partial charge in [-0.3, -0.25) is 19.2 Å². The molecule has 0 aliphatic heterocycles. The number of nitrogens with one attached hydrogen (secondary N) is 1. The Morgan fingerprint density at radius 2 is 1.95 bits per heavy atom. The van der Waals surface area contributed by atoms with E-state index in [2.05, 4.69) is 26.5 Å². The fourth-order valence-corrected chi connectivity index (χ4v) is 3.62. The third-order valence-corrected chi connectivity index (χ3v) is 5.78. The molecule has 3 aromatic rings. The molecule has 1 aliphatic carbocycles. The summed E-state index contributed by atoms with van der Waals surface area (Å²) < 4.78 is 13.3. The standard InChI is InChI=1S/C27H31N7O4/c1-17(2)37-20-10-19(25(35)31-22-8-9-33(5)32-22)11-21(12-20)38-24-14-29-23(13-30-24)34(15-18-6-7-18)26(36)27(3,4)16-28/h8-14,17-18H,6-7,15H2,1-5H3,(H,31,32,35). The summed E-state index contributed by atoms with van der Waals surface area (Å²) in [6.07, 6.45) is 6.54. The van der Waals surface area contributed by atoms with Gasteiger partial charge in [0.25, 0.3) is 5.91 Å². The van der Waals surface area contributed by atoms with Crippen LogP contribution in [0.3, 0.4) is 0 Å². The van der Waals surface area contributed by atoms with Crippen LogP contribution in [-0.2, 0) is 11.8 Å². The maximum absolute atomic E-state index is 13.0. The van der Waals surface area contributed by atoms with Gasteiger partial charge in [0.05, 0.1) is 24.6 Å². The maximum atomic E-state index is 13.0. The van der Waals surface area contributed by atoms with Crippen molar-refractivity contribution in [3.05, 3.63) is 48.4 Å². The van der Waals surface area contributed by atoms with Crippen LogP contribution in [0.5, 0.6) is 17.4 Å². The zero-order chi connectivity index (χ0) is 27.4. The Hall–Kier alpha value is -4.46. The molecule has 1 aliphatic rings. The van der Waals surface area contributed by atoms with Gasteiger partial charge < -0.3 is 14.8 Å². The van der Waals surface area contributed by atoms with E-state index in [-0.39, 0.29) is 23.8 Å². The molecule has 0 unspecified atom stereocenters. The normalized spacial score (nSPS) is 13.1. The topological polar surface area (TPSA) is 135 Å². The predicted octanol–water partition coefficient (Wildman–Crippen LogP) is 4.33. The summed E-state index contributed by atoms with van der Waals surface area (Å²) in [5.74, 6) is 1.42. The van der Waals surface area contributed by atoms with Crippen molar-refractivity contribution in [2.45, 2.75) is 46.6 Å². The van der Waals surface area contributed by atoms with E-state index >= 15 is 0 Å². The summed E-state index contributed by atoms with van der Waals surface area (Å²) in [5.41, 5.74) is -0.872. The Balaban J connectivity index is 1.55. The fraction of sp³-hybridized carbons (Fsp3) is 0.407. The van der Waals surface area contributed by atoms with Crippen molar-refractivity contribution in [2.75, 3.05) is 16.8 Å². The molecule has 11 nitrogen and oxygen atoms in total. The summed E-state index contributed by atoms with van der Waals surface area (Å²) in [6, 6.07) is 8.61. The lowest BCUT2D eigenvalue weighted by atomic mass is 9.93. The van der Waals surface area contributed by atoms with Gasteiger partial charge in [-0.2, -0.15) is 10.4 Å². The van der Waals surface area contributed by atoms with E-state index in [0.29, 0.717) is 41.2 Å². The molecular weight excluding hydrogens is 486 g/mol. The van der Waals surface area contributed by atoms with Gasteiger partial charge in [0.15, 0.2) is 11.6 Å². The van der Waals surface area contributed by atoms with Gasteiger partial charge >= 0.3 is 0 Å². The number of aromatic nitrogens is 4. The Morgan fingerprint density at radius 3 is 2.53 bits per heavy atom. The molecule has 4 rings (SSSR count). The highest BCUT2D eigenvalue weighted by Gasteiger charge is 2.36. The van der Waals surface area contributed by atoms with Crippen molar-refractivity contribution >= 4 is 23.5 Å². The van der Waals surface area contributed by atoms with Crippen LogP contribution in [0.2, 0.25) is 0 Å². The van der Waals surface area contributed by atoms with Gasteiger partial charge in [0, 0.05) is 37.5 Å². The maximum Gasteiger partial charge on any atom is 0.257 e. The lowest BCUT2D eigenvalue weighted by Gasteiger charge is -2.27. The van der Waals surface area contributed by atoms with E-state index in [9.17, 15) is 14.9 Å². The molecule has 2 heterocycles. The molecular formula is C27H31N7O4. The SMILES string of the molecule is CC(C)Oc1cc(Oc2cnc(N(CC3CC3)C(=O)C(C)(C)C#N)cn2)cc(C(=O)Nc2ccn(C)n2)c1. The van der Waals surface area contributed by atoms with Gasteiger partial charge in [-0.25, -0.2) is 9.97 Å². The van der Waals surface area contributed by atoms with Gasteiger partial charge in [0.1, 0.15) is 16.9 Å². The highest BCUT2D eigenvalue weighted by Crippen LogP contribution is 2.33. The smallest absolute Gasteiger partial charge is 0.257 e. The molecule has 0 spiro atoms. The Morgan fingerprint density at radius 1 is 1.21 bits per heavy atom. The molecule has 38 heavy (non-hydrogen) atoms. The zero-order valence-corrected chi connectivity index (χ0v) is 22.1. The molecule has 1 fully saturated rings. The summed E-state index contributed by atoms with van der Waals surface area (Å²) in [7, 11) is 1.76. The average Bonchev–Trinajstić information content (AvgIpc) is 3.61. The second-order valence-electron chi connectivity index (χ2n) is 10.1. The summed E-state index contributed by atoms with van der Waals surface area (Å²) in [5, 5.41) is 16.4. The molecule has 0 bridgehead atoms. The lowest BCUT2D eigenvalue weighted by molar-refractivity contribution is -0.124. The van der Waals surface area contributed by atoms with Gasteiger partial charge in [0.2, 0.25) is 11.8 Å². The third kappa shape index (κ3) is 6.64. The molecule has 0 saturated heterocycles. The molecule has 0 atom stereocenters. The van der Waals surface area contributed by atoms with Crippen molar-refractivity contribution in [3.63, 3.8) is 0 Å². The number of aryl methyl sites for hydroxylation is 1. The quantitative estimate of drug-likeness (QED) is 0.420. The first-order valence-corrected chi connectivity index (χ1v) is 12.4. The number of carbonyl (C=O) groups excluding carboxylic acids is 2. The molecule has 198 valence electrons. The highest BCUT2D eigenvalue weighted by molar-refractivity contribution is 6.04. The number of benzene rings is 1. The number of amides is 2. The fourth-order valence-electron chi connectivity index (χ4n) is 3.62. The number of ether oxygens (including phenoxy) is 2. The number of nitriles is 1. The monoisotopic (exact) mass is 517 g/mol. The van der Waals surface area contributed by atoms with Gasteiger partial charge in [-0.05, 0) is 58.6 Å². The molecule has 1 saturated carbocycles. The second-order valence-corrected chi connectivity index (χ2v) is 10.1. The first-order chi connectivity index (χ1) is 18.0. The van der Waals surface area contributed by atoms with E-state index in [0.717, 1.165) is 12.8 Å². The first kappa shape index (κ1) is 26.6. The molecule has 0 radical (unpaired) electrons. The van der Waals surface area contributed by atoms with Crippen molar-refractivity contribution in [1.29, 1.82) is 5.26 Å². The largest absolute Gasteiger partial charge is 0.491 e. The molecule has 2 aromatic heterocycles. The van der Waals surface area contributed by atoms with Gasteiger partial charge in [-0.1, -0.05) is 0 Å². The van der Waals surface area contributed by atoms with Crippen LogP contribution in [0.1, 0.15) is 50.9 Å². The average molecular weight is 518 g/mol. The van der Waals surface area contributed by atoms with Crippen LogP contribution in [0.25, 0.3) is 0 Å². The molecule has 1 N–H and O–H groups in total. The van der Waals surface area contributed by atoms with Crippen molar-refractivity contribution in [2.24, 2.45) is 18.4 Å². The highest BCUT2D eigenvalue weighted by atomic mass is 16.5. The Labute approximate surface area is 221 Å². The third-order valence-electron chi connectivity index (χ3n) is 5.78. The van der Waals surface area contributed by atoms with Crippen molar-refractivity contribution in [3.8, 4) is 23.4 Å². The molecule has 11 heteroatoms. The number of hydrogen-bond donors (Lipinski definition) is 1. The van der Waals surface area contributed by atoms with E-state index < -0.39 is 5.41 Å². The molecule has 2 amide bonds. The van der Waals surface area contributed by atoms with E-state index in [1.807, 2.05) is 13.8 Å². The number of anilines is 2. The van der Waals surface area contributed by atoms with Crippen LogP contribution in [0.15, 0.2) is 42.9 Å². The number of hydrogen-bond acceptors (Lipinski definition) is 8. The summed E-state index contributed by atoms with van der Waals surface area (Å²) in [4.78, 5) is 36.2. The molecule has 1 aromatic carbocycles. The first-order valence-electron chi connectivity index (χ1n) is 12.4. The number of nitrogens with zero attached hydrogens (tertiary/aromatic N) is 6. The lowest BCUT2D eigenvalue weighted by Crippen LogP contribution is -2.42. The Kier molecular flexibility index (Phi) is 7.62. The van der Waals surface area contributed by atoms with Crippen LogP contribution < -0.4 is 19.7 Å². The number of carbonyl (C=O) groups is 2. The zero-order valence-electron chi connectivity index (χ0n) is 22.1. The Bertz CT molecular complexity index is 1350. The van der Waals surface area contributed by atoms with Gasteiger partial charge in [-0.15, -0.1) is 0 Å². The summed E-state index contributed by atoms with van der Waals surface area (Å²) in [6.45, 7) is 7.44. The van der Waals surface area contributed by atoms with E-state index in [1.165, 1.54) is 17.3 Å². The predicted molar refractivity (Wildman–Crippen MR) is 140 cm³/mol. The van der Waals surface area contributed by atoms with Crippen LogP contribution in [0.4, 0.5) is 11.6 Å². The second kappa shape index (κ2) is 10.9. The minimum Gasteiger partial charge on any atom is -0.491 e. The van der Waals surface area contributed by atoms with Crippen molar-refractivity contribution in [1.82, 2.24) is 19.7 Å². The minimum absolute atomic E-state index is 0.122. The van der Waals surface area contributed by atoms with Crippen LogP contribution in [-0.4, -0.2) is 44.2 Å².